The van der Waals surface area contributed by atoms with Gasteiger partial charge < -0.3 is 9.72 Å². The number of aromatic amines is 1. The predicted octanol–water partition coefficient (Wildman–Crippen LogP) is 4.46. The Bertz CT molecular complexity index is 1200. The van der Waals surface area contributed by atoms with Crippen molar-refractivity contribution in [1.29, 1.82) is 0 Å². The molecule has 0 radical (unpaired) electrons. The van der Waals surface area contributed by atoms with Crippen LogP contribution in [0.2, 0.25) is 0 Å². The molecule has 33 heavy (non-hydrogen) atoms. The van der Waals surface area contributed by atoms with Crippen molar-refractivity contribution in [3.05, 3.63) is 58.3 Å². The summed E-state index contributed by atoms with van der Waals surface area (Å²) in [7, 11) is -0.0549. The van der Waals surface area contributed by atoms with E-state index in [-0.39, 0.29) is 12.5 Å². The van der Waals surface area contributed by atoms with Crippen molar-refractivity contribution >= 4 is 27.8 Å². The van der Waals surface area contributed by atoms with E-state index in [0.29, 0.717) is 4.90 Å². The molecule has 0 spiro atoms. The van der Waals surface area contributed by atoms with Crippen LogP contribution >= 0.6 is 0 Å². The van der Waals surface area contributed by atoms with E-state index in [4.69, 9.17) is 4.74 Å². The summed E-state index contributed by atoms with van der Waals surface area (Å²) in [6.07, 6.45) is 1.95. The first-order chi connectivity index (χ1) is 15.6. The lowest BCUT2D eigenvalue weighted by molar-refractivity contribution is -0.134. The van der Waals surface area contributed by atoms with Crippen LogP contribution in [-0.2, 0) is 22.3 Å². The molecule has 0 bridgehead atoms. The van der Waals surface area contributed by atoms with E-state index in [1.54, 1.807) is 16.9 Å². The number of fused-ring (bicyclic) bond motifs is 1. The molecule has 0 saturated carbocycles. The second-order valence-corrected chi connectivity index (χ2v) is 10.2. The minimum atomic E-state index is -1.67. The van der Waals surface area contributed by atoms with Gasteiger partial charge in [0.05, 0.1) is 12.0 Å². The number of hydrogen-bond acceptors (Lipinski definition) is 4. The Morgan fingerprint density at radius 3 is 2.45 bits per heavy atom. The van der Waals surface area contributed by atoms with Crippen LogP contribution in [0.15, 0.2) is 35.4 Å². The highest BCUT2D eigenvalue weighted by molar-refractivity contribution is 7.82. The lowest BCUT2D eigenvalue weighted by atomic mass is 10.0. The van der Waals surface area contributed by atoms with Crippen LogP contribution < -0.4 is 10.2 Å². The second kappa shape index (κ2) is 10.1. The molecule has 8 heteroatoms. The Morgan fingerprint density at radius 2 is 1.85 bits per heavy atom. The highest BCUT2D eigenvalue weighted by Gasteiger charge is 2.35. The first kappa shape index (κ1) is 25.0. The molecule has 3 rings (SSSR count). The molecule has 2 atom stereocenters. The van der Waals surface area contributed by atoms with E-state index >= 15 is 0 Å². The van der Waals surface area contributed by atoms with Gasteiger partial charge >= 0.3 is 0 Å². The number of carbonyl (C=O) groups excluding carboxylic acids is 1. The molecule has 0 saturated heterocycles. The maximum Gasteiger partial charge on any atom is 0.261 e. The van der Waals surface area contributed by atoms with Gasteiger partial charge in [-0.1, -0.05) is 19.9 Å². The van der Waals surface area contributed by atoms with Gasteiger partial charge in [-0.2, -0.15) is 0 Å². The number of carbonyl (C=O) groups is 1. The minimum Gasteiger partial charge on any atom is -0.496 e. The zero-order valence-electron chi connectivity index (χ0n) is 20.3. The topological polar surface area (TPSA) is 94.7 Å². The summed E-state index contributed by atoms with van der Waals surface area (Å²) >= 11 is 0. The van der Waals surface area contributed by atoms with E-state index in [9.17, 15) is 14.2 Å². The van der Waals surface area contributed by atoms with Crippen LogP contribution in [-0.4, -0.2) is 37.8 Å². The number of benzene rings is 2. The highest BCUT2D eigenvalue weighted by atomic mass is 32.2. The van der Waals surface area contributed by atoms with E-state index in [1.807, 2.05) is 65.9 Å². The third-order valence-corrected chi connectivity index (χ3v) is 7.96. The van der Waals surface area contributed by atoms with Crippen molar-refractivity contribution in [2.24, 2.45) is 5.92 Å². The number of nitrogens with one attached hydrogen (secondary N) is 2. The van der Waals surface area contributed by atoms with E-state index < -0.39 is 22.9 Å². The molecule has 3 aromatic rings. The number of rotatable bonds is 8. The van der Waals surface area contributed by atoms with Gasteiger partial charge in [0.2, 0.25) is 0 Å². The Morgan fingerprint density at radius 1 is 1.15 bits per heavy atom. The number of hydrogen-bond donors (Lipinski definition) is 3. The van der Waals surface area contributed by atoms with Crippen LogP contribution in [0.5, 0.6) is 5.75 Å². The first-order valence-electron chi connectivity index (χ1n) is 10.9. The molecule has 0 aliphatic carbocycles. The number of ether oxygens (including phenoxy) is 1. The summed E-state index contributed by atoms with van der Waals surface area (Å²) in [5.74, 6) is -0.0456. The fourth-order valence-electron chi connectivity index (χ4n) is 4.30. The van der Waals surface area contributed by atoms with E-state index in [1.165, 1.54) is 0 Å². The monoisotopic (exact) mass is 471 g/mol. The predicted molar refractivity (Wildman–Crippen MR) is 131 cm³/mol. The number of amides is 1. The maximum absolute atomic E-state index is 14.1. The van der Waals surface area contributed by atoms with Gasteiger partial charge in [-0.15, -0.1) is 0 Å². The van der Waals surface area contributed by atoms with Crippen LogP contribution in [0.3, 0.4) is 0 Å². The smallest absolute Gasteiger partial charge is 0.261 e. The van der Waals surface area contributed by atoms with Gasteiger partial charge in [-0.05, 0) is 79.6 Å². The van der Waals surface area contributed by atoms with E-state index in [2.05, 4.69) is 11.1 Å². The van der Waals surface area contributed by atoms with Gasteiger partial charge in [-0.25, -0.2) is 14.0 Å². The van der Waals surface area contributed by atoms with Crippen LogP contribution in [0, 0.1) is 33.6 Å². The van der Waals surface area contributed by atoms with Crippen molar-refractivity contribution < 1.29 is 18.9 Å². The minimum absolute atomic E-state index is 0.196. The standard InChI is InChI=1S/C25H33N3O4S/c1-14(2)23(25(29)27-30)28(13-19-8-9-21-20(11-19)16(4)12-26-21)33(31)24-15(3)10-22(32-7)17(5)18(24)6/h8-12,14,23,26,30H,13H2,1-7H3,(H,27,29)/t23-,33?/m1/s1. The van der Waals surface area contributed by atoms with Crippen LogP contribution in [0.1, 0.15) is 41.7 Å². The summed E-state index contributed by atoms with van der Waals surface area (Å²) in [6.45, 7) is 11.8. The molecule has 1 unspecified atom stereocenters. The molecular formula is C25H33N3O4S. The van der Waals surface area contributed by atoms with Crippen molar-refractivity contribution in [2.45, 2.75) is 59.0 Å². The molecule has 7 nitrogen and oxygen atoms in total. The number of methoxy groups -OCH3 is 1. The van der Waals surface area contributed by atoms with E-state index in [0.717, 1.165) is 44.5 Å². The largest absolute Gasteiger partial charge is 0.496 e. The third kappa shape index (κ3) is 4.83. The maximum atomic E-state index is 14.1. The average Bonchev–Trinajstić information content (AvgIpc) is 3.15. The molecule has 178 valence electrons. The highest BCUT2D eigenvalue weighted by Crippen LogP contribution is 2.33. The normalized spacial score (nSPS) is 13.5. The molecule has 0 fully saturated rings. The van der Waals surface area contributed by atoms with Crippen molar-refractivity contribution in [3.8, 4) is 5.75 Å². The van der Waals surface area contributed by atoms with Gasteiger partial charge in [0, 0.05) is 23.6 Å². The summed E-state index contributed by atoms with van der Waals surface area (Å²) in [5, 5.41) is 10.5. The van der Waals surface area contributed by atoms with Crippen LogP contribution in [0.25, 0.3) is 10.9 Å². The lowest BCUT2D eigenvalue weighted by Gasteiger charge is -2.32. The fourth-order valence-corrected chi connectivity index (χ4v) is 6.09. The fraction of sp³-hybridized carbons (Fsp3) is 0.400. The number of aryl methyl sites for hydroxylation is 2. The molecule has 0 aliphatic rings. The van der Waals surface area contributed by atoms with Crippen molar-refractivity contribution in [1.82, 2.24) is 14.8 Å². The Kier molecular flexibility index (Phi) is 7.62. The lowest BCUT2D eigenvalue weighted by Crippen LogP contribution is -2.49. The second-order valence-electron chi connectivity index (χ2n) is 8.82. The third-order valence-electron chi connectivity index (χ3n) is 6.20. The van der Waals surface area contributed by atoms with Gasteiger partial charge in [0.25, 0.3) is 5.91 Å². The molecule has 2 aromatic carbocycles. The number of hydroxylamine groups is 1. The Balaban J connectivity index is 2.14. The zero-order valence-corrected chi connectivity index (χ0v) is 21.1. The Hall–Kier alpha value is -2.68. The first-order valence-corrected chi connectivity index (χ1v) is 12.0. The number of aromatic nitrogens is 1. The molecular weight excluding hydrogens is 438 g/mol. The quantitative estimate of drug-likeness (QED) is 0.334. The van der Waals surface area contributed by atoms with Crippen molar-refractivity contribution in [2.75, 3.05) is 7.11 Å². The summed E-state index contributed by atoms with van der Waals surface area (Å²) < 4.78 is 21.3. The number of nitrogens with zero attached hydrogens (tertiary/aromatic N) is 1. The van der Waals surface area contributed by atoms with Crippen molar-refractivity contribution in [3.63, 3.8) is 0 Å². The SMILES string of the molecule is COc1cc(C)c(S(=O)N(Cc2ccc3[nH]cc(C)c3c2)[C@@H](C(=O)NO)C(C)C)c(C)c1C. The molecule has 1 aromatic heterocycles. The molecule has 3 N–H and O–H groups in total. The average molecular weight is 472 g/mol. The van der Waals surface area contributed by atoms with Gasteiger partial charge in [-0.3, -0.25) is 10.0 Å². The Labute approximate surface area is 197 Å². The molecule has 1 amide bonds. The number of H-pyrrole nitrogens is 1. The summed E-state index contributed by atoms with van der Waals surface area (Å²) in [6, 6.07) is 7.08. The summed E-state index contributed by atoms with van der Waals surface area (Å²) in [5.41, 5.74) is 7.43. The molecule has 0 aliphatic heterocycles. The van der Waals surface area contributed by atoms with Gasteiger partial charge in [0.1, 0.15) is 22.8 Å². The molecule has 1 heterocycles. The summed E-state index contributed by atoms with van der Waals surface area (Å²) in [4.78, 5) is 16.6. The van der Waals surface area contributed by atoms with Gasteiger partial charge in [0.15, 0.2) is 0 Å². The van der Waals surface area contributed by atoms with Crippen LogP contribution in [0.4, 0.5) is 0 Å². The zero-order chi connectivity index (χ0) is 24.4.